The number of rotatable bonds is 4. The van der Waals surface area contributed by atoms with Crippen molar-refractivity contribution in [3.8, 4) is 11.1 Å². The minimum Gasteiger partial charge on any atom is -0.446 e. The van der Waals surface area contributed by atoms with Crippen LogP contribution in [0, 0.1) is 5.92 Å². The molecular formula is C25H33N5O3. The molecule has 1 aliphatic carbocycles. The van der Waals surface area contributed by atoms with E-state index in [0.717, 1.165) is 61.3 Å². The summed E-state index contributed by atoms with van der Waals surface area (Å²) < 4.78 is 7.60. The number of hydrogen-bond donors (Lipinski definition) is 1. The van der Waals surface area contributed by atoms with Gasteiger partial charge in [-0.1, -0.05) is 6.07 Å². The van der Waals surface area contributed by atoms with Gasteiger partial charge < -0.3 is 15.0 Å². The number of ether oxygens (including phenoxy) is 1. The first-order chi connectivity index (χ1) is 15.9. The molecule has 1 aromatic heterocycles. The van der Waals surface area contributed by atoms with E-state index >= 15 is 0 Å². The van der Waals surface area contributed by atoms with Crippen molar-refractivity contribution in [1.82, 2.24) is 15.1 Å². The smallest absolute Gasteiger partial charge is 0.414 e. The van der Waals surface area contributed by atoms with Crippen LogP contribution in [0.3, 0.4) is 0 Å². The monoisotopic (exact) mass is 451 g/mol. The highest BCUT2D eigenvalue weighted by atomic mass is 16.6. The maximum atomic E-state index is 13.1. The zero-order chi connectivity index (χ0) is 23.1. The Kier molecular flexibility index (Phi) is 5.86. The maximum Gasteiger partial charge on any atom is 0.414 e. The van der Waals surface area contributed by atoms with Crippen LogP contribution >= 0.6 is 0 Å². The molecule has 1 saturated carbocycles. The quantitative estimate of drug-likeness (QED) is 0.761. The molecule has 1 atom stereocenters. The van der Waals surface area contributed by atoms with Crippen molar-refractivity contribution in [3.05, 3.63) is 30.6 Å². The standard InChI is InChI=1S/C25H33N5O3/c1-16(2)33-25(32)28-14-17(3)30(24(31)18-4-5-18)22-7-6-19(12-23(22)28)20-13-27-29(15-20)21-8-10-26-11-9-21/h6-7,12-13,15-18,21,26H,4-5,8-11,14H2,1-3H3/t17-/m0/s1. The number of nitrogens with zero attached hydrogens (tertiary/aromatic N) is 4. The van der Waals surface area contributed by atoms with E-state index in [-0.39, 0.29) is 30.1 Å². The number of anilines is 2. The zero-order valence-corrected chi connectivity index (χ0v) is 19.7. The van der Waals surface area contributed by atoms with Crippen LogP contribution in [0.2, 0.25) is 0 Å². The Hall–Kier alpha value is -2.87. The molecule has 5 rings (SSSR count). The van der Waals surface area contributed by atoms with Gasteiger partial charge in [-0.2, -0.15) is 5.10 Å². The van der Waals surface area contributed by atoms with E-state index in [2.05, 4.69) is 21.3 Å². The summed E-state index contributed by atoms with van der Waals surface area (Å²) in [5, 5.41) is 8.02. The molecule has 1 aromatic carbocycles. The van der Waals surface area contributed by atoms with E-state index in [4.69, 9.17) is 4.74 Å². The molecule has 176 valence electrons. The number of benzene rings is 1. The van der Waals surface area contributed by atoms with E-state index in [1.807, 2.05) is 50.1 Å². The molecule has 2 aromatic rings. The largest absolute Gasteiger partial charge is 0.446 e. The van der Waals surface area contributed by atoms with Crippen LogP contribution in [-0.4, -0.2) is 53.6 Å². The molecule has 0 bridgehead atoms. The molecule has 0 radical (unpaired) electrons. The van der Waals surface area contributed by atoms with Crippen LogP contribution in [0.4, 0.5) is 16.2 Å². The summed E-state index contributed by atoms with van der Waals surface area (Å²) in [4.78, 5) is 29.6. The fourth-order valence-electron chi connectivity index (χ4n) is 4.86. The van der Waals surface area contributed by atoms with Crippen molar-refractivity contribution in [1.29, 1.82) is 0 Å². The summed E-state index contributed by atoms with van der Waals surface area (Å²) in [5.41, 5.74) is 3.48. The topological polar surface area (TPSA) is 79.7 Å². The Bertz CT molecular complexity index is 1040. The van der Waals surface area contributed by atoms with Crippen LogP contribution in [0.5, 0.6) is 0 Å². The summed E-state index contributed by atoms with van der Waals surface area (Å²) in [7, 11) is 0. The highest BCUT2D eigenvalue weighted by molar-refractivity contribution is 6.05. The lowest BCUT2D eigenvalue weighted by Crippen LogP contribution is -2.52. The molecule has 3 aliphatic rings. The Morgan fingerprint density at radius 3 is 2.55 bits per heavy atom. The lowest BCUT2D eigenvalue weighted by Gasteiger charge is -2.41. The van der Waals surface area contributed by atoms with E-state index in [0.29, 0.717) is 12.6 Å². The third-order valence-corrected chi connectivity index (χ3v) is 6.75. The summed E-state index contributed by atoms with van der Waals surface area (Å²) in [6.45, 7) is 8.12. The Balaban J connectivity index is 1.50. The Morgan fingerprint density at radius 1 is 1.09 bits per heavy atom. The lowest BCUT2D eigenvalue weighted by atomic mass is 10.0. The molecule has 33 heavy (non-hydrogen) atoms. The summed E-state index contributed by atoms with van der Waals surface area (Å²) in [6, 6.07) is 6.29. The number of carbonyl (C=O) groups is 2. The third-order valence-electron chi connectivity index (χ3n) is 6.75. The van der Waals surface area contributed by atoms with Gasteiger partial charge in [0.25, 0.3) is 0 Å². The van der Waals surface area contributed by atoms with Gasteiger partial charge in [-0.05, 0) is 77.2 Å². The van der Waals surface area contributed by atoms with Crippen molar-refractivity contribution < 1.29 is 14.3 Å². The van der Waals surface area contributed by atoms with Gasteiger partial charge in [0.15, 0.2) is 0 Å². The van der Waals surface area contributed by atoms with Gasteiger partial charge in [0, 0.05) is 24.2 Å². The molecule has 0 unspecified atom stereocenters. The molecular weight excluding hydrogens is 418 g/mol. The van der Waals surface area contributed by atoms with Crippen LogP contribution in [0.25, 0.3) is 11.1 Å². The highest BCUT2D eigenvalue weighted by Gasteiger charge is 2.41. The SMILES string of the molecule is CC(C)OC(=O)N1C[C@H](C)N(C(=O)C2CC2)c2ccc(-c3cnn(C4CCNCC4)c3)cc21. The average molecular weight is 452 g/mol. The molecule has 2 fully saturated rings. The molecule has 0 spiro atoms. The number of amides is 2. The average Bonchev–Trinajstić information content (AvgIpc) is 3.54. The summed E-state index contributed by atoms with van der Waals surface area (Å²) in [6.07, 6.45) is 7.42. The minimum atomic E-state index is -0.376. The van der Waals surface area contributed by atoms with Crippen molar-refractivity contribution in [3.63, 3.8) is 0 Å². The molecule has 8 heteroatoms. The predicted molar refractivity (Wildman–Crippen MR) is 127 cm³/mol. The number of hydrogen-bond acceptors (Lipinski definition) is 5. The fraction of sp³-hybridized carbons (Fsp3) is 0.560. The van der Waals surface area contributed by atoms with Crippen LogP contribution < -0.4 is 15.1 Å². The van der Waals surface area contributed by atoms with Gasteiger partial charge >= 0.3 is 6.09 Å². The molecule has 1 N–H and O–H groups in total. The van der Waals surface area contributed by atoms with Crippen LogP contribution in [-0.2, 0) is 9.53 Å². The molecule has 2 amide bonds. The lowest BCUT2D eigenvalue weighted by molar-refractivity contribution is -0.120. The molecule has 2 aliphatic heterocycles. The molecule has 1 saturated heterocycles. The molecule has 3 heterocycles. The second kappa shape index (κ2) is 8.82. The third kappa shape index (κ3) is 4.36. The second-order valence-corrected chi connectivity index (χ2v) is 9.77. The second-order valence-electron chi connectivity index (χ2n) is 9.77. The number of aromatic nitrogens is 2. The Labute approximate surface area is 194 Å². The predicted octanol–water partition coefficient (Wildman–Crippen LogP) is 3.97. The first-order valence-corrected chi connectivity index (χ1v) is 12.1. The van der Waals surface area contributed by atoms with E-state index < -0.39 is 0 Å². The number of piperidine rings is 1. The zero-order valence-electron chi connectivity index (χ0n) is 19.7. The van der Waals surface area contributed by atoms with Crippen LogP contribution in [0.1, 0.15) is 52.5 Å². The van der Waals surface area contributed by atoms with E-state index in [1.54, 1.807) is 4.90 Å². The Morgan fingerprint density at radius 2 is 1.85 bits per heavy atom. The van der Waals surface area contributed by atoms with Gasteiger partial charge in [-0.15, -0.1) is 0 Å². The van der Waals surface area contributed by atoms with Crippen molar-refractivity contribution >= 4 is 23.4 Å². The van der Waals surface area contributed by atoms with Gasteiger partial charge in [0.1, 0.15) is 0 Å². The van der Waals surface area contributed by atoms with Crippen molar-refractivity contribution in [2.45, 2.75) is 64.6 Å². The van der Waals surface area contributed by atoms with Gasteiger partial charge in [0.05, 0.1) is 35.8 Å². The number of nitrogens with one attached hydrogen (secondary N) is 1. The van der Waals surface area contributed by atoms with E-state index in [1.165, 1.54) is 0 Å². The molecule has 8 nitrogen and oxygen atoms in total. The van der Waals surface area contributed by atoms with Crippen molar-refractivity contribution in [2.75, 3.05) is 29.4 Å². The van der Waals surface area contributed by atoms with Crippen molar-refractivity contribution in [2.24, 2.45) is 5.92 Å². The number of fused-ring (bicyclic) bond motifs is 1. The summed E-state index contributed by atoms with van der Waals surface area (Å²) in [5.74, 6) is 0.268. The van der Waals surface area contributed by atoms with Gasteiger partial charge in [-0.3, -0.25) is 14.4 Å². The first kappa shape index (κ1) is 21.9. The minimum absolute atomic E-state index is 0.109. The van der Waals surface area contributed by atoms with Gasteiger partial charge in [-0.25, -0.2) is 4.79 Å². The fourth-order valence-corrected chi connectivity index (χ4v) is 4.86. The van der Waals surface area contributed by atoms with E-state index in [9.17, 15) is 9.59 Å². The van der Waals surface area contributed by atoms with Crippen LogP contribution in [0.15, 0.2) is 30.6 Å². The normalized spacial score (nSPS) is 21.3. The summed E-state index contributed by atoms with van der Waals surface area (Å²) >= 11 is 0. The first-order valence-electron chi connectivity index (χ1n) is 12.1. The number of carbonyl (C=O) groups excluding carboxylic acids is 2. The highest BCUT2D eigenvalue weighted by Crippen LogP contribution is 2.42. The maximum absolute atomic E-state index is 13.1. The van der Waals surface area contributed by atoms with Gasteiger partial charge in [0.2, 0.25) is 5.91 Å².